The third kappa shape index (κ3) is 1.84. The minimum Gasteiger partial charge on any atom is -0.494 e. The number of ether oxygens (including phenoxy) is 1. The quantitative estimate of drug-likeness (QED) is 0.855. The molecule has 0 saturated heterocycles. The molecule has 92 valence electrons. The van der Waals surface area contributed by atoms with E-state index in [0.29, 0.717) is 11.1 Å². The molecule has 0 amide bonds. The molecule has 0 bridgehead atoms. The van der Waals surface area contributed by atoms with Crippen molar-refractivity contribution >= 4 is 22.8 Å². The molecule has 0 saturated carbocycles. The molecular formula is C12H9NO5. The minimum absolute atomic E-state index is 0.115. The fourth-order valence-corrected chi connectivity index (χ4v) is 1.67. The number of methoxy groups -OCH3 is 1. The van der Waals surface area contributed by atoms with Gasteiger partial charge in [-0.3, -0.25) is 0 Å². The SMILES string of the molecule is COc1cccc2c(C(=O)O)cc(C(=O)O)nc12. The fourth-order valence-electron chi connectivity index (χ4n) is 1.67. The van der Waals surface area contributed by atoms with Gasteiger partial charge in [0.2, 0.25) is 0 Å². The first kappa shape index (κ1) is 11.8. The summed E-state index contributed by atoms with van der Waals surface area (Å²) in [5.74, 6) is -2.17. The molecule has 2 N–H and O–H groups in total. The summed E-state index contributed by atoms with van der Waals surface area (Å²) >= 11 is 0. The van der Waals surface area contributed by atoms with Crippen molar-refractivity contribution in [3.8, 4) is 5.75 Å². The number of para-hydroxylation sites is 1. The maximum absolute atomic E-state index is 11.1. The van der Waals surface area contributed by atoms with Gasteiger partial charge in [-0.25, -0.2) is 14.6 Å². The second kappa shape index (κ2) is 4.33. The summed E-state index contributed by atoms with van der Waals surface area (Å²) in [4.78, 5) is 26.0. The first-order valence-corrected chi connectivity index (χ1v) is 4.99. The van der Waals surface area contributed by atoms with E-state index in [1.165, 1.54) is 7.11 Å². The van der Waals surface area contributed by atoms with Gasteiger partial charge in [0.25, 0.3) is 0 Å². The highest BCUT2D eigenvalue weighted by Gasteiger charge is 2.17. The van der Waals surface area contributed by atoms with Crippen LogP contribution in [0.1, 0.15) is 20.8 Å². The number of rotatable bonds is 3. The van der Waals surface area contributed by atoms with Crippen molar-refractivity contribution in [2.24, 2.45) is 0 Å². The predicted molar refractivity (Wildman–Crippen MR) is 62.2 cm³/mol. The smallest absolute Gasteiger partial charge is 0.354 e. The summed E-state index contributed by atoms with van der Waals surface area (Å²) < 4.78 is 5.05. The Hall–Kier alpha value is -2.63. The third-order valence-corrected chi connectivity index (χ3v) is 2.47. The molecular weight excluding hydrogens is 238 g/mol. The van der Waals surface area contributed by atoms with Crippen molar-refractivity contribution in [2.45, 2.75) is 0 Å². The molecule has 0 aliphatic rings. The van der Waals surface area contributed by atoms with Crippen LogP contribution in [0.15, 0.2) is 24.3 Å². The molecule has 1 aromatic heterocycles. The van der Waals surface area contributed by atoms with Crippen LogP contribution in [0.4, 0.5) is 0 Å². The molecule has 2 aromatic rings. The lowest BCUT2D eigenvalue weighted by atomic mass is 10.1. The first-order chi connectivity index (χ1) is 8.54. The summed E-state index contributed by atoms with van der Waals surface area (Å²) in [6.45, 7) is 0. The average Bonchev–Trinajstić information content (AvgIpc) is 2.36. The molecule has 0 fully saturated rings. The Morgan fingerprint density at radius 3 is 2.50 bits per heavy atom. The van der Waals surface area contributed by atoms with Crippen LogP contribution < -0.4 is 4.74 Å². The molecule has 1 aromatic carbocycles. The highest BCUT2D eigenvalue weighted by molar-refractivity contribution is 6.06. The van der Waals surface area contributed by atoms with Crippen LogP contribution in [-0.2, 0) is 0 Å². The number of fused-ring (bicyclic) bond motifs is 1. The predicted octanol–water partition coefficient (Wildman–Crippen LogP) is 1.64. The summed E-state index contributed by atoms with van der Waals surface area (Å²) in [5, 5.41) is 18.3. The molecule has 6 nitrogen and oxygen atoms in total. The number of aromatic nitrogens is 1. The first-order valence-electron chi connectivity index (χ1n) is 4.99. The number of pyridine rings is 1. The van der Waals surface area contributed by atoms with Crippen LogP contribution >= 0.6 is 0 Å². The Morgan fingerprint density at radius 2 is 1.94 bits per heavy atom. The second-order valence-corrected chi connectivity index (χ2v) is 3.52. The van der Waals surface area contributed by atoms with Gasteiger partial charge in [0.15, 0.2) is 0 Å². The van der Waals surface area contributed by atoms with Crippen molar-refractivity contribution in [3.63, 3.8) is 0 Å². The van der Waals surface area contributed by atoms with Gasteiger partial charge < -0.3 is 14.9 Å². The maximum atomic E-state index is 11.1. The van der Waals surface area contributed by atoms with Crippen LogP contribution in [0.25, 0.3) is 10.9 Å². The van der Waals surface area contributed by atoms with Crippen LogP contribution in [0.5, 0.6) is 5.75 Å². The van der Waals surface area contributed by atoms with Crippen molar-refractivity contribution in [2.75, 3.05) is 7.11 Å². The number of nitrogens with zero attached hydrogens (tertiary/aromatic N) is 1. The maximum Gasteiger partial charge on any atom is 0.354 e. The van der Waals surface area contributed by atoms with Gasteiger partial charge in [0.1, 0.15) is 17.0 Å². The highest BCUT2D eigenvalue weighted by atomic mass is 16.5. The molecule has 0 aliphatic carbocycles. The number of carbonyl (C=O) groups is 2. The lowest BCUT2D eigenvalue weighted by molar-refractivity contribution is 0.0691. The molecule has 0 radical (unpaired) electrons. The lowest BCUT2D eigenvalue weighted by Crippen LogP contribution is -2.06. The average molecular weight is 247 g/mol. The molecule has 6 heteroatoms. The Bertz CT molecular complexity index is 650. The van der Waals surface area contributed by atoms with Crippen LogP contribution in [0.2, 0.25) is 0 Å². The fraction of sp³-hybridized carbons (Fsp3) is 0.0833. The van der Waals surface area contributed by atoms with E-state index in [1.807, 2.05) is 0 Å². The van der Waals surface area contributed by atoms with Crippen molar-refractivity contribution in [3.05, 3.63) is 35.5 Å². The highest BCUT2D eigenvalue weighted by Crippen LogP contribution is 2.26. The van der Waals surface area contributed by atoms with E-state index in [2.05, 4.69) is 4.98 Å². The van der Waals surface area contributed by atoms with Gasteiger partial charge in [-0.15, -0.1) is 0 Å². The van der Waals surface area contributed by atoms with Crippen LogP contribution in [0, 0.1) is 0 Å². The van der Waals surface area contributed by atoms with E-state index in [9.17, 15) is 9.59 Å². The Morgan fingerprint density at radius 1 is 1.22 bits per heavy atom. The number of hydrogen-bond acceptors (Lipinski definition) is 4. The number of carboxylic acid groups (broad SMARTS) is 2. The molecule has 0 spiro atoms. The largest absolute Gasteiger partial charge is 0.494 e. The molecule has 0 aliphatic heterocycles. The zero-order valence-electron chi connectivity index (χ0n) is 9.38. The Balaban J connectivity index is 2.89. The van der Waals surface area contributed by atoms with Crippen molar-refractivity contribution in [1.82, 2.24) is 4.98 Å². The van der Waals surface area contributed by atoms with E-state index in [4.69, 9.17) is 14.9 Å². The molecule has 2 rings (SSSR count). The van der Waals surface area contributed by atoms with Gasteiger partial charge in [0, 0.05) is 5.39 Å². The molecule has 0 atom stereocenters. The van der Waals surface area contributed by atoms with Crippen LogP contribution in [-0.4, -0.2) is 34.2 Å². The van der Waals surface area contributed by atoms with Crippen molar-refractivity contribution < 1.29 is 24.5 Å². The van der Waals surface area contributed by atoms with E-state index >= 15 is 0 Å². The summed E-state index contributed by atoms with van der Waals surface area (Å²) in [5.41, 5.74) is -0.224. The van der Waals surface area contributed by atoms with Crippen LogP contribution in [0.3, 0.4) is 0 Å². The monoisotopic (exact) mass is 247 g/mol. The van der Waals surface area contributed by atoms with Gasteiger partial charge >= 0.3 is 11.9 Å². The van der Waals surface area contributed by atoms with E-state index < -0.39 is 11.9 Å². The Labute approximate surface area is 101 Å². The number of hydrogen-bond donors (Lipinski definition) is 2. The topological polar surface area (TPSA) is 96.7 Å². The lowest BCUT2D eigenvalue weighted by Gasteiger charge is -2.07. The third-order valence-electron chi connectivity index (χ3n) is 2.47. The van der Waals surface area contributed by atoms with Gasteiger partial charge in [-0.05, 0) is 12.1 Å². The number of benzene rings is 1. The Kier molecular flexibility index (Phi) is 2.85. The number of carboxylic acids is 2. The van der Waals surface area contributed by atoms with Gasteiger partial charge in [-0.1, -0.05) is 12.1 Å². The summed E-state index contributed by atoms with van der Waals surface area (Å²) in [6.07, 6.45) is 0. The van der Waals surface area contributed by atoms with Gasteiger partial charge in [0.05, 0.1) is 12.7 Å². The zero-order valence-corrected chi connectivity index (χ0v) is 9.38. The zero-order chi connectivity index (χ0) is 13.3. The molecule has 0 unspecified atom stereocenters. The van der Waals surface area contributed by atoms with Crippen molar-refractivity contribution in [1.29, 1.82) is 0 Å². The molecule has 18 heavy (non-hydrogen) atoms. The minimum atomic E-state index is -1.29. The summed E-state index contributed by atoms with van der Waals surface area (Å²) in [6, 6.07) is 5.80. The van der Waals surface area contributed by atoms with E-state index in [1.54, 1.807) is 18.2 Å². The second-order valence-electron chi connectivity index (χ2n) is 3.52. The standard InChI is InChI=1S/C12H9NO5/c1-18-9-4-2-3-6-7(11(14)15)5-8(12(16)17)13-10(6)9/h2-5H,1H3,(H,14,15)(H,16,17). The van der Waals surface area contributed by atoms with E-state index in [-0.39, 0.29) is 16.8 Å². The normalized spacial score (nSPS) is 10.3. The number of aromatic carboxylic acids is 2. The molecule has 1 heterocycles. The van der Waals surface area contributed by atoms with Gasteiger partial charge in [-0.2, -0.15) is 0 Å². The van der Waals surface area contributed by atoms with E-state index in [0.717, 1.165) is 6.07 Å². The summed E-state index contributed by atoms with van der Waals surface area (Å²) in [7, 11) is 1.41.